The Hall–Kier alpha value is -3.61. The molecule has 1 N–H and O–H groups in total. The summed E-state index contributed by atoms with van der Waals surface area (Å²) in [5, 5.41) is 2.92. The number of benzene rings is 2. The molecule has 1 amide bonds. The number of hydrogen-bond acceptors (Lipinski definition) is 6. The highest BCUT2D eigenvalue weighted by Gasteiger charge is 2.22. The molecule has 0 spiro atoms. The minimum absolute atomic E-state index is 0.213. The summed E-state index contributed by atoms with van der Waals surface area (Å²) in [6.07, 6.45) is 2.18. The van der Waals surface area contributed by atoms with Gasteiger partial charge in [0.15, 0.2) is 5.69 Å². The molecule has 2 heterocycles. The number of amides is 1. The molecule has 1 aliphatic heterocycles. The lowest BCUT2D eigenvalue weighted by molar-refractivity contribution is 0.0600. The highest BCUT2D eigenvalue weighted by molar-refractivity contribution is 6.06. The second kappa shape index (κ2) is 8.41. The molecular weight excluding hydrogens is 382 g/mol. The summed E-state index contributed by atoms with van der Waals surface area (Å²) in [5.41, 5.74) is 2.80. The molecule has 4 rings (SSSR count). The van der Waals surface area contributed by atoms with Crippen molar-refractivity contribution < 1.29 is 18.7 Å². The fourth-order valence-electron chi connectivity index (χ4n) is 3.61. The lowest BCUT2D eigenvalue weighted by Gasteiger charge is -2.22. The van der Waals surface area contributed by atoms with Gasteiger partial charge in [0.2, 0.25) is 5.89 Å². The molecule has 1 fully saturated rings. The topological polar surface area (TPSA) is 84.7 Å². The first-order chi connectivity index (χ1) is 14.6. The fraction of sp³-hybridized carbons (Fsp3) is 0.261. The van der Waals surface area contributed by atoms with Gasteiger partial charge in [0, 0.05) is 18.7 Å². The molecule has 7 nitrogen and oxygen atoms in total. The van der Waals surface area contributed by atoms with E-state index in [9.17, 15) is 9.59 Å². The number of hydrogen-bond donors (Lipinski definition) is 1. The number of aromatic nitrogens is 1. The van der Waals surface area contributed by atoms with E-state index < -0.39 is 5.97 Å². The van der Waals surface area contributed by atoms with Crippen LogP contribution in [-0.4, -0.2) is 37.1 Å². The van der Waals surface area contributed by atoms with Crippen molar-refractivity contribution in [3.8, 4) is 11.5 Å². The number of anilines is 2. The zero-order valence-electron chi connectivity index (χ0n) is 17.0. The summed E-state index contributed by atoms with van der Waals surface area (Å²) >= 11 is 0. The number of carbonyl (C=O) groups excluding carboxylic acids is 2. The van der Waals surface area contributed by atoms with Gasteiger partial charge >= 0.3 is 5.97 Å². The number of nitrogens with one attached hydrogen (secondary N) is 1. The normalized spacial score (nSPS) is 13.3. The van der Waals surface area contributed by atoms with Crippen LogP contribution in [-0.2, 0) is 4.74 Å². The maximum atomic E-state index is 13.0. The van der Waals surface area contributed by atoms with E-state index in [4.69, 9.17) is 9.15 Å². The third kappa shape index (κ3) is 3.91. The van der Waals surface area contributed by atoms with Crippen LogP contribution in [0.2, 0.25) is 0 Å². The van der Waals surface area contributed by atoms with Crippen molar-refractivity contribution in [1.82, 2.24) is 4.98 Å². The van der Waals surface area contributed by atoms with Gasteiger partial charge in [0.1, 0.15) is 5.76 Å². The molecule has 154 valence electrons. The minimum Gasteiger partial charge on any atom is -0.465 e. The Morgan fingerprint density at radius 2 is 1.83 bits per heavy atom. The molecule has 3 aromatic rings. The van der Waals surface area contributed by atoms with Crippen LogP contribution in [0.25, 0.3) is 11.5 Å². The van der Waals surface area contributed by atoms with E-state index in [0.717, 1.165) is 37.2 Å². The standard InChI is InChI=1S/C23H23N3O4/c1-15-20(25-22(30-15)16-8-4-3-5-9-16)21(27)24-18-14-17(23(28)29-2)10-11-19(18)26-12-6-7-13-26/h3-5,8-11,14H,6-7,12-13H2,1-2H3,(H,24,27). The summed E-state index contributed by atoms with van der Waals surface area (Å²) in [5.74, 6) is -0.0251. The van der Waals surface area contributed by atoms with Gasteiger partial charge in [-0.2, -0.15) is 0 Å². The van der Waals surface area contributed by atoms with Crippen molar-refractivity contribution in [2.24, 2.45) is 0 Å². The summed E-state index contributed by atoms with van der Waals surface area (Å²) in [7, 11) is 1.33. The van der Waals surface area contributed by atoms with Crippen LogP contribution < -0.4 is 10.2 Å². The van der Waals surface area contributed by atoms with Crippen LogP contribution in [0, 0.1) is 6.92 Å². The first kappa shape index (κ1) is 19.7. The number of carbonyl (C=O) groups is 2. The number of methoxy groups -OCH3 is 1. The average Bonchev–Trinajstić information content (AvgIpc) is 3.44. The van der Waals surface area contributed by atoms with Gasteiger partial charge in [-0.3, -0.25) is 4.79 Å². The Labute approximate surface area is 174 Å². The van der Waals surface area contributed by atoms with Crippen molar-refractivity contribution in [2.75, 3.05) is 30.4 Å². The summed E-state index contributed by atoms with van der Waals surface area (Å²) in [6.45, 7) is 3.52. The Balaban J connectivity index is 1.65. The lowest BCUT2D eigenvalue weighted by atomic mass is 10.1. The van der Waals surface area contributed by atoms with Gasteiger partial charge in [-0.1, -0.05) is 18.2 Å². The number of esters is 1. The molecule has 0 saturated carbocycles. The highest BCUT2D eigenvalue weighted by atomic mass is 16.5. The van der Waals surface area contributed by atoms with Crippen molar-refractivity contribution in [3.63, 3.8) is 0 Å². The van der Waals surface area contributed by atoms with Gasteiger partial charge < -0.3 is 19.4 Å². The first-order valence-corrected chi connectivity index (χ1v) is 9.88. The maximum Gasteiger partial charge on any atom is 0.337 e. The third-order valence-electron chi connectivity index (χ3n) is 5.15. The van der Waals surface area contributed by atoms with E-state index in [2.05, 4.69) is 15.2 Å². The van der Waals surface area contributed by atoms with Crippen LogP contribution >= 0.6 is 0 Å². The summed E-state index contributed by atoms with van der Waals surface area (Å²) in [6, 6.07) is 14.6. The highest BCUT2D eigenvalue weighted by Crippen LogP contribution is 2.31. The molecule has 1 aromatic heterocycles. The number of nitrogens with zero attached hydrogens (tertiary/aromatic N) is 2. The van der Waals surface area contributed by atoms with E-state index in [1.54, 1.807) is 19.1 Å². The van der Waals surface area contributed by atoms with E-state index in [0.29, 0.717) is 22.9 Å². The van der Waals surface area contributed by atoms with Crippen molar-refractivity contribution in [3.05, 3.63) is 65.5 Å². The average molecular weight is 405 g/mol. The summed E-state index contributed by atoms with van der Waals surface area (Å²) in [4.78, 5) is 31.6. The van der Waals surface area contributed by atoms with Crippen LogP contribution in [0.4, 0.5) is 11.4 Å². The second-order valence-electron chi connectivity index (χ2n) is 7.16. The molecule has 0 unspecified atom stereocenters. The van der Waals surface area contributed by atoms with Crippen LogP contribution in [0.1, 0.15) is 39.4 Å². The molecule has 0 radical (unpaired) electrons. The summed E-state index contributed by atoms with van der Waals surface area (Å²) < 4.78 is 10.5. The predicted molar refractivity (Wildman–Crippen MR) is 114 cm³/mol. The second-order valence-corrected chi connectivity index (χ2v) is 7.16. The van der Waals surface area contributed by atoms with Gasteiger partial charge in [0.05, 0.1) is 24.0 Å². The molecule has 0 atom stereocenters. The van der Waals surface area contributed by atoms with Crippen molar-refractivity contribution >= 4 is 23.3 Å². The number of oxazole rings is 1. The van der Waals surface area contributed by atoms with Gasteiger partial charge in [-0.25, -0.2) is 9.78 Å². The van der Waals surface area contributed by atoms with Crippen LogP contribution in [0.5, 0.6) is 0 Å². The minimum atomic E-state index is -0.456. The van der Waals surface area contributed by atoms with E-state index in [1.165, 1.54) is 7.11 Å². The van der Waals surface area contributed by atoms with E-state index in [-0.39, 0.29) is 11.6 Å². The number of ether oxygens (including phenoxy) is 1. The van der Waals surface area contributed by atoms with Crippen LogP contribution in [0.3, 0.4) is 0 Å². The first-order valence-electron chi connectivity index (χ1n) is 9.88. The SMILES string of the molecule is COC(=O)c1ccc(N2CCCC2)c(NC(=O)c2nc(-c3ccccc3)oc2C)c1. The Morgan fingerprint density at radius 3 is 2.53 bits per heavy atom. The number of rotatable bonds is 5. The molecule has 30 heavy (non-hydrogen) atoms. The van der Waals surface area contributed by atoms with Gasteiger partial charge in [-0.05, 0) is 50.1 Å². The van der Waals surface area contributed by atoms with Crippen molar-refractivity contribution in [1.29, 1.82) is 0 Å². The zero-order valence-corrected chi connectivity index (χ0v) is 17.0. The Bertz CT molecular complexity index is 1070. The molecule has 0 bridgehead atoms. The monoisotopic (exact) mass is 405 g/mol. The lowest BCUT2D eigenvalue weighted by Crippen LogP contribution is -2.22. The molecule has 2 aromatic carbocycles. The van der Waals surface area contributed by atoms with Gasteiger partial charge in [-0.15, -0.1) is 0 Å². The smallest absolute Gasteiger partial charge is 0.337 e. The van der Waals surface area contributed by atoms with Gasteiger partial charge in [0.25, 0.3) is 5.91 Å². The third-order valence-corrected chi connectivity index (χ3v) is 5.15. The van der Waals surface area contributed by atoms with E-state index >= 15 is 0 Å². The fourth-order valence-corrected chi connectivity index (χ4v) is 3.61. The van der Waals surface area contributed by atoms with Crippen molar-refractivity contribution in [2.45, 2.75) is 19.8 Å². The Morgan fingerprint density at radius 1 is 1.10 bits per heavy atom. The van der Waals surface area contributed by atoms with E-state index in [1.807, 2.05) is 36.4 Å². The molecule has 0 aliphatic carbocycles. The molecule has 7 heteroatoms. The molecule has 1 saturated heterocycles. The molecule has 1 aliphatic rings. The quantitative estimate of drug-likeness (QED) is 0.638. The largest absolute Gasteiger partial charge is 0.465 e. The zero-order chi connectivity index (χ0) is 21.1. The predicted octanol–water partition coefficient (Wildman–Crippen LogP) is 4.29. The molecular formula is C23H23N3O4. The number of aryl methyl sites for hydroxylation is 1. The van der Waals surface area contributed by atoms with Crippen LogP contribution in [0.15, 0.2) is 52.9 Å². The Kier molecular flexibility index (Phi) is 5.52. The maximum absolute atomic E-state index is 13.0.